The molecule has 2 aromatic heterocycles. The summed E-state index contributed by atoms with van der Waals surface area (Å²) in [5, 5.41) is 9.37. The van der Waals surface area contributed by atoms with Gasteiger partial charge in [-0.2, -0.15) is 5.10 Å². The van der Waals surface area contributed by atoms with Crippen LogP contribution in [-0.2, 0) is 0 Å². The van der Waals surface area contributed by atoms with Gasteiger partial charge in [0, 0.05) is 24.4 Å². The highest BCUT2D eigenvalue weighted by atomic mass is 16.5. The molecule has 8 nitrogen and oxygen atoms in total. The highest BCUT2D eigenvalue weighted by Gasteiger charge is 2.03. The predicted molar refractivity (Wildman–Crippen MR) is 77.9 cm³/mol. The Morgan fingerprint density at radius 3 is 3.14 bits per heavy atom. The number of aromatic amines is 1. The number of H-pyrrole nitrogens is 1. The van der Waals surface area contributed by atoms with E-state index in [1.807, 2.05) is 24.3 Å². The van der Waals surface area contributed by atoms with Crippen LogP contribution in [0.4, 0.5) is 11.5 Å². The van der Waals surface area contributed by atoms with Crippen LogP contribution >= 0.6 is 0 Å². The lowest BCUT2D eigenvalue weighted by molar-refractivity contribution is 0.328. The Bertz CT molecular complexity index is 810. The Morgan fingerprint density at radius 1 is 1.38 bits per heavy atom. The number of anilines is 2. The maximum atomic E-state index is 11.4. The van der Waals surface area contributed by atoms with Crippen LogP contribution in [0.1, 0.15) is 0 Å². The Morgan fingerprint density at radius 2 is 2.29 bits per heavy atom. The molecule has 0 radical (unpaired) electrons. The van der Waals surface area contributed by atoms with Crippen LogP contribution in [0.5, 0.6) is 5.75 Å². The first kappa shape index (κ1) is 13.1. The van der Waals surface area contributed by atoms with E-state index in [4.69, 9.17) is 10.5 Å². The third-order valence-electron chi connectivity index (χ3n) is 2.80. The number of ether oxygens (including phenoxy) is 1. The molecule has 0 bridgehead atoms. The zero-order valence-electron chi connectivity index (χ0n) is 11.1. The summed E-state index contributed by atoms with van der Waals surface area (Å²) < 4.78 is 6.78. The van der Waals surface area contributed by atoms with Gasteiger partial charge in [-0.1, -0.05) is 6.07 Å². The number of hydrogen-bond donors (Lipinski definition) is 3. The number of nitrogens with one attached hydrogen (secondary N) is 2. The molecule has 0 aliphatic heterocycles. The standard InChI is InChI=1S/C13H14N6O2/c14-4-5-21-10-3-1-2-9(6-10)16-11-7-12-17-18-13(20)19(12)8-15-11/h1-3,6-8,16H,4-5,14H2,(H,18,20). The third kappa shape index (κ3) is 2.84. The lowest BCUT2D eigenvalue weighted by atomic mass is 10.3. The minimum Gasteiger partial charge on any atom is -0.492 e. The van der Waals surface area contributed by atoms with Crippen molar-refractivity contribution < 1.29 is 4.74 Å². The molecule has 3 rings (SSSR count). The number of benzene rings is 1. The van der Waals surface area contributed by atoms with Gasteiger partial charge in [-0.3, -0.25) is 0 Å². The maximum Gasteiger partial charge on any atom is 0.348 e. The quantitative estimate of drug-likeness (QED) is 0.630. The van der Waals surface area contributed by atoms with Crippen LogP contribution in [0.2, 0.25) is 0 Å². The number of hydrogen-bond acceptors (Lipinski definition) is 6. The Kier molecular flexibility index (Phi) is 3.52. The molecule has 0 saturated heterocycles. The van der Waals surface area contributed by atoms with Gasteiger partial charge in [0.15, 0.2) is 5.65 Å². The van der Waals surface area contributed by atoms with Crippen molar-refractivity contribution in [1.29, 1.82) is 0 Å². The van der Waals surface area contributed by atoms with Crippen molar-refractivity contribution >= 4 is 17.2 Å². The Hall–Kier alpha value is -2.87. The number of aromatic nitrogens is 4. The second-order valence-electron chi connectivity index (χ2n) is 4.32. The van der Waals surface area contributed by atoms with Crippen molar-refractivity contribution in [2.45, 2.75) is 0 Å². The molecule has 3 aromatic rings. The van der Waals surface area contributed by atoms with Crippen molar-refractivity contribution in [2.24, 2.45) is 5.73 Å². The molecule has 21 heavy (non-hydrogen) atoms. The molecule has 0 aliphatic rings. The van der Waals surface area contributed by atoms with E-state index in [2.05, 4.69) is 20.5 Å². The van der Waals surface area contributed by atoms with Gasteiger partial charge in [-0.05, 0) is 12.1 Å². The fourth-order valence-corrected chi connectivity index (χ4v) is 1.87. The molecule has 0 amide bonds. The van der Waals surface area contributed by atoms with Crippen LogP contribution in [0.15, 0.2) is 41.5 Å². The van der Waals surface area contributed by atoms with E-state index < -0.39 is 0 Å². The van der Waals surface area contributed by atoms with Gasteiger partial charge in [0.05, 0.1) is 0 Å². The first-order valence-corrected chi connectivity index (χ1v) is 6.39. The van der Waals surface area contributed by atoms with E-state index in [1.165, 1.54) is 10.7 Å². The molecule has 0 unspecified atom stereocenters. The van der Waals surface area contributed by atoms with Crippen LogP contribution in [0.25, 0.3) is 5.65 Å². The third-order valence-corrected chi connectivity index (χ3v) is 2.80. The number of nitrogens with zero attached hydrogens (tertiary/aromatic N) is 3. The summed E-state index contributed by atoms with van der Waals surface area (Å²) in [4.78, 5) is 15.5. The van der Waals surface area contributed by atoms with E-state index >= 15 is 0 Å². The average Bonchev–Trinajstić information content (AvgIpc) is 2.86. The summed E-state index contributed by atoms with van der Waals surface area (Å²) in [6, 6.07) is 9.12. The average molecular weight is 286 g/mol. The SMILES string of the molecule is NCCOc1cccc(Nc2cc3n[nH]c(=O)n3cn2)c1. The summed E-state index contributed by atoms with van der Waals surface area (Å²) in [6.07, 6.45) is 1.41. The second-order valence-corrected chi connectivity index (χ2v) is 4.32. The lowest BCUT2D eigenvalue weighted by Crippen LogP contribution is -2.10. The van der Waals surface area contributed by atoms with E-state index in [1.54, 1.807) is 6.07 Å². The molecule has 1 aromatic carbocycles. The molecule has 0 saturated carbocycles. The van der Waals surface area contributed by atoms with Gasteiger partial charge < -0.3 is 15.8 Å². The highest BCUT2D eigenvalue weighted by Crippen LogP contribution is 2.20. The summed E-state index contributed by atoms with van der Waals surface area (Å²) >= 11 is 0. The molecule has 0 atom stereocenters. The predicted octanol–water partition coefficient (Wildman–Crippen LogP) is 0.499. The molecular weight excluding hydrogens is 272 g/mol. The second kappa shape index (κ2) is 5.63. The zero-order valence-corrected chi connectivity index (χ0v) is 11.1. The molecule has 4 N–H and O–H groups in total. The van der Waals surface area contributed by atoms with Crippen LogP contribution in [-0.4, -0.2) is 32.7 Å². The van der Waals surface area contributed by atoms with Crippen LogP contribution < -0.4 is 21.5 Å². The van der Waals surface area contributed by atoms with E-state index in [9.17, 15) is 4.79 Å². The van der Waals surface area contributed by atoms with Gasteiger partial charge in [0.2, 0.25) is 0 Å². The summed E-state index contributed by atoms with van der Waals surface area (Å²) in [5.41, 5.74) is 6.40. The molecule has 8 heteroatoms. The van der Waals surface area contributed by atoms with Crippen molar-refractivity contribution in [1.82, 2.24) is 19.6 Å². The summed E-state index contributed by atoms with van der Waals surface area (Å²) in [7, 11) is 0. The largest absolute Gasteiger partial charge is 0.492 e. The molecular formula is C13H14N6O2. The lowest BCUT2D eigenvalue weighted by Gasteiger charge is -2.08. The van der Waals surface area contributed by atoms with Gasteiger partial charge >= 0.3 is 5.69 Å². The summed E-state index contributed by atoms with van der Waals surface area (Å²) in [5.74, 6) is 1.31. The van der Waals surface area contributed by atoms with E-state index in [0.29, 0.717) is 24.6 Å². The van der Waals surface area contributed by atoms with Gasteiger partial charge in [0.25, 0.3) is 0 Å². The Labute approximate surface area is 119 Å². The van der Waals surface area contributed by atoms with Crippen molar-refractivity contribution in [3.8, 4) is 5.75 Å². The van der Waals surface area contributed by atoms with Crippen molar-refractivity contribution in [3.63, 3.8) is 0 Å². The Balaban J connectivity index is 1.82. The smallest absolute Gasteiger partial charge is 0.348 e. The molecule has 0 fully saturated rings. The maximum absolute atomic E-state index is 11.4. The summed E-state index contributed by atoms with van der Waals surface area (Å²) in [6.45, 7) is 0.924. The topological polar surface area (TPSA) is 110 Å². The van der Waals surface area contributed by atoms with Gasteiger partial charge in [-0.25, -0.2) is 19.3 Å². The van der Waals surface area contributed by atoms with Crippen molar-refractivity contribution in [3.05, 3.63) is 47.1 Å². The van der Waals surface area contributed by atoms with Gasteiger partial charge in [0.1, 0.15) is 24.5 Å². The van der Waals surface area contributed by atoms with Crippen molar-refractivity contribution in [2.75, 3.05) is 18.5 Å². The number of nitrogens with two attached hydrogens (primary N) is 1. The molecule has 2 heterocycles. The van der Waals surface area contributed by atoms with E-state index in [0.717, 1.165) is 11.4 Å². The minimum atomic E-state index is -0.318. The number of fused-ring (bicyclic) bond motifs is 1. The fraction of sp³-hybridized carbons (Fsp3) is 0.154. The van der Waals surface area contributed by atoms with Crippen LogP contribution in [0, 0.1) is 0 Å². The molecule has 0 spiro atoms. The minimum absolute atomic E-state index is 0.318. The normalized spacial score (nSPS) is 10.7. The highest BCUT2D eigenvalue weighted by molar-refractivity contribution is 5.61. The monoisotopic (exact) mass is 286 g/mol. The number of rotatable bonds is 5. The zero-order chi connectivity index (χ0) is 14.7. The first-order valence-electron chi connectivity index (χ1n) is 6.39. The molecule has 0 aliphatic carbocycles. The first-order chi connectivity index (χ1) is 10.3. The fourth-order valence-electron chi connectivity index (χ4n) is 1.87. The van der Waals surface area contributed by atoms with E-state index in [-0.39, 0.29) is 5.69 Å². The van der Waals surface area contributed by atoms with Gasteiger partial charge in [-0.15, -0.1) is 0 Å². The van der Waals surface area contributed by atoms with Crippen LogP contribution in [0.3, 0.4) is 0 Å². The molecule has 108 valence electrons.